The summed E-state index contributed by atoms with van der Waals surface area (Å²) >= 11 is 0. The topological polar surface area (TPSA) is 38.5 Å². The van der Waals surface area contributed by atoms with Crippen molar-refractivity contribution in [1.82, 2.24) is 4.67 Å². The van der Waals surface area contributed by atoms with E-state index in [1.54, 1.807) is 0 Å². The van der Waals surface area contributed by atoms with Gasteiger partial charge in [0.1, 0.15) is 0 Å². The molecule has 0 radical (unpaired) electrons. The Morgan fingerprint density at radius 3 is 1.74 bits per heavy atom. The Hall–Kier alpha value is -1.45. The van der Waals surface area contributed by atoms with Gasteiger partial charge >= 0.3 is 7.75 Å². The van der Waals surface area contributed by atoms with Crippen molar-refractivity contribution < 1.29 is 13.6 Å². The van der Waals surface area contributed by atoms with E-state index in [2.05, 4.69) is 24.3 Å². The second kappa shape index (κ2) is 5.57. The Balaban J connectivity index is 1.84. The lowest BCUT2D eigenvalue weighted by molar-refractivity contribution is 0.193. The third-order valence-corrected chi connectivity index (χ3v) is 6.73. The lowest BCUT2D eigenvalue weighted by atomic mass is 9.86. The fourth-order valence-corrected chi connectivity index (χ4v) is 5.69. The first-order valence-corrected chi connectivity index (χ1v) is 9.57. The molecule has 1 heterocycles. The normalized spacial score (nSPS) is 24.5. The molecule has 2 aliphatic rings. The van der Waals surface area contributed by atoms with Gasteiger partial charge in [0.25, 0.3) is 0 Å². The van der Waals surface area contributed by atoms with Crippen molar-refractivity contribution >= 4 is 7.75 Å². The number of fused-ring (bicyclic) bond motifs is 6. The number of benzene rings is 2. The number of rotatable bonds is 5. The van der Waals surface area contributed by atoms with Crippen LogP contribution in [0.25, 0.3) is 11.1 Å². The molecule has 0 aromatic heterocycles. The quantitative estimate of drug-likeness (QED) is 0.575. The molecule has 1 saturated heterocycles. The van der Waals surface area contributed by atoms with Gasteiger partial charge in [0.2, 0.25) is 0 Å². The van der Waals surface area contributed by atoms with E-state index in [1.807, 2.05) is 42.8 Å². The Morgan fingerprint density at radius 1 is 0.870 bits per heavy atom. The van der Waals surface area contributed by atoms with Gasteiger partial charge in [0.05, 0.1) is 25.3 Å². The minimum absolute atomic E-state index is 0.0741. The van der Waals surface area contributed by atoms with Crippen molar-refractivity contribution in [3.8, 4) is 11.1 Å². The van der Waals surface area contributed by atoms with E-state index < -0.39 is 7.75 Å². The van der Waals surface area contributed by atoms with Crippen molar-refractivity contribution in [2.45, 2.75) is 25.9 Å². The Morgan fingerprint density at radius 2 is 1.30 bits per heavy atom. The summed E-state index contributed by atoms with van der Waals surface area (Å²) in [4.78, 5) is 0. The van der Waals surface area contributed by atoms with Gasteiger partial charge in [-0.15, -0.1) is 0 Å². The van der Waals surface area contributed by atoms with Crippen molar-refractivity contribution in [3.05, 3.63) is 59.7 Å². The van der Waals surface area contributed by atoms with E-state index in [9.17, 15) is 4.57 Å². The molecule has 0 N–H and O–H groups in total. The first-order chi connectivity index (χ1) is 11.2. The third kappa shape index (κ3) is 2.21. The van der Waals surface area contributed by atoms with E-state index in [4.69, 9.17) is 9.05 Å². The van der Waals surface area contributed by atoms with E-state index in [0.29, 0.717) is 13.2 Å². The van der Waals surface area contributed by atoms with E-state index >= 15 is 0 Å². The van der Waals surface area contributed by atoms with E-state index in [0.717, 1.165) is 0 Å². The van der Waals surface area contributed by atoms with Gasteiger partial charge < -0.3 is 0 Å². The van der Waals surface area contributed by atoms with Crippen LogP contribution in [-0.2, 0) is 13.6 Å². The second-order valence-corrected chi connectivity index (χ2v) is 7.66. The Bertz CT molecular complexity index is 730. The zero-order chi connectivity index (χ0) is 16.0. The summed E-state index contributed by atoms with van der Waals surface area (Å²) in [6.07, 6.45) is 0. The molecule has 1 unspecified atom stereocenters. The molecule has 3 atom stereocenters. The lowest BCUT2D eigenvalue weighted by Crippen LogP contribution is -2.05. The molecular formula is C18H20NO3P. The van der Waals surface area contributed by atoms with Crippen molar-refractivity contribution in [3.63, 3.8) is 0 Å². The summed E-state index contributed by atoms with van der Waals surface area (Å²) in [6, 6.07) is 16.8. The third-order valence-electron chi connectivity index (χ3n) is 4.50. The minimum Gasteiger partial charge on any atom is -0.297 e. The van der Waals surface area contributed by atoms with Crippen LogP contribution in [0.5, 0.6) is 0 Å². The molecule has 1 aliphatic carbocycles. The van der Waals surface area contributed by atoms with Crippen LogP contribution < -0.4 is 0 Å². The first kappa shape index (κ1) is 15.1. The zero-order valence-electron chi connectivity index (χ0n) is 13.3. The highest BCUT2D eigenvalue weighted by molar-refractivity contribution is 7.51. The molecule has 4 rings (SSSR count). The lowest BCUT2D eigenvalue weighted by Gasteiger charge is -2.18. The first-order valence-electron chi connectivity index (χ1n) is 8.07. The van der Waals surface area contributed by atoms with Crippen LogP contribution in [0.2, 0.25) is 0 Å². The molecule has 2 aromatic carbocycles. The fourth-order valence-electron chi connectivity index (χ4n) is 3.65. The summed E-state index contributed by atoms with van der Waals surface area (Å²) in [5, 5.41) is 0. The maximum atomic E-state index is 13.2. The molecule has 0 spiro atoms. The molecule has 1 fully saturated rings. The van der Waals surface area contributed by atoms with Gasteiger partial charge in [-0.05, 0) is 36.1 Å². The summed E-state index contributed by atoms with van der Waals surface area (Å²) in [7, 11) is -3.26. The SMILES string of the molecule is CCOP(=O)(OCC)N1[C@@H]2c3ccccc3-c3ccccc3[C@@H]21. The van der Waals surface area contributed by atoms with Gasteiger partial charge in [-0.25, -0.2) is 4.57 Å². The summed E-state index contributed by atoms with van der Waals surface area (Å²) < 4.78 is 26.3. The molecular weight excluding hydrogens is 309 g/mol. The number of hydrogen-bond acceptors (Lipinski definition) is 3. The Labute approximate surface area is 136 Å². The average Bonchev–Trinajstić information content (AvgIpc) is 3.32. The maximum Gasteiger partial charge on any atom is 0.409 e. The van der Waals surface area contributed by atoms with Gasteiger partial charge in [0, 0.05) is 0 Å². The molecule has 0 saturated carbocycles. The van der Waals surface area contributed by atoms with Crippen LogP contribution in [-0.4, -0.2) is 17.9 Å². The van der Waals surface area contributed by atoms with Gasteiger partial charge in [-0.1, -0.05) is 48.5 Å². The molecule has 1 aliphatic heterocycles. The van der Waals surface area contributed by atoms with Crippen LogP contribution in [0, 0.1) is 0 Å². The number of nitrogens with zero attached hydrogens (tertiary/aromatic N) is 1. The van der Waals surface area contributed by atoms with Crippen LogP contribution >= 0.6 is 7.75 Å². The van der Waals surface area contributed by atoms with E-state index in [-0.39, 0.29) is 12.1 Å². The molecule has 23 heavy (non-hydrogen) atoms. The predicted octanol–water partition coefficient (Wildman–Crippen LogP) is 4.95. The van der Waals surface area contributed by atoms with Crippen molar-refractivity contribution in [1.29, 1.82) is 0 Å². The molecule has 120 valence electrons. The largest absolute Gasteiger partial charge is 0.409 e. The van der Waals surface area contributed by atoms with E-state index in [1.165, 1.54) is 22.3 Å². The second-order valence-electron chi connectivity index (χ2n) is 5.75. The maximum absolute atomic E-state index is 13.2. The Kier molecular flexibility index (Phi) is 3.66. The van der Waals surface area contributed by atoms with Crippen LogP contribution in [0.3, 0.4) is 0 Å². The average molecular weight is 329 g/mol. The van der Waals surface area contributed by atoms with Gasteiger partial charge in [0.15, 0.2) is 0 Å². The zero-order valence-corrected chi connectivity index (χ0v) is 14.2. The molecule has 4 nitrogen and oxygen atoms in total. The van der Waals surface area contributed by atoms with Gasteiger partial charge in [-0.2, -0.15) is 4.67 Å². The molecule has 0 amide bonds. The highest BCUT2D eigenvalue weighted by atomic mass is 31.2. The standard InChI is InChI=1S/C18H20NO3P/c1-3-21-23(20,22-4-2)19-17-15-11-7-5-9-13(15)14-10-6-8-12-16(14)18(17)19/h5-12,17-18H,3-4H2,1-2H3/t17-,18+,19?. The summed E-state index contributed by atoms with van der Waals surface area (Å²) in [6.45, 7) is 4.44. The highest BCUT2D eigenvalue weighted by Gasteiger charge is 2.62. The summed E-state index contributed by atoms with van der Waals surface area (Å²) in [5.41, 5.74) is 4.84. The van der Waals surface area contributed by atoms with Crippen LogP contribution in [0.1, 0.15) is 37.1 Å². The monoisotopic (exact) mass is 329 g/mol. The fraction of sp³-hybridized carbons (Fsp3) is 0.333. The predicted molar refractivity (Wildman–Crippen MR) is 90.1 cm³/mol. The van der Waals surface area contributed by atoms with Crippen molar-refractivity contribution in [2.24, 2.45) is 0 Å². The molecule has 5 heteroatoms. The highest BCUT2D eigenvalue weighted by Crippen LogP contribution is 2.75. The summed E-state index contributed by atoms with van der Waals surface area (Å²) in [5.74, 6) is 0. The number of hydrogen-bond donors (Lipinski definition) is 0. The van der Waals surface area contributed by atoms with Crippen LogP contribution in [0.4, 0.5) is 0 Å². The smallest absolute Gasteiger partial charge is 0.297 e. The molecule has 2 aromatic rings. The molecule has 0 bridgehead atoms. The minimum atomic E-state index is -3.26. The van der Waals surface area contributed by atoms with Crippen LogP contribution in [0.15, 0.2) is 48.5 Å². The van der Waals surface area contributed by atoms with Gasteiger partial charge in [-0.3, -0.25) is 9.05 Å². The van der Waals surface area contributed by atoms with Crippen molar-refractivity contribution in [2.75, 3.05) is 13.2 Å².